The number of amides is 1. The number of hydrogen-bond donors (Lipinski definition) is 1. The van der Waals surface area contributed by atoms with E-state index < -0.39 is 22.5 Å². The van der Waals surface area contributed by atoms with Crippen LogP contribution in [0, 0.1) is 6.92 Å². The number of rotatable bonds is 10. The van der Waals surface area contributed by atoms with E-state index in [4.69, 9.17) is 4.74 Å². The third kappa shape index (κ3) is 6.71. The van der Waals surface area contributed by atoms with E-state index in [1.807, 2.05) is 31.2 Å². The van der Waals surface area contributed by atoms with Crippen LogP contribution in [0.15, 0.2) is 47.6 Å². The van der Waals surface area contributed by atoms with Crippen LogP contribution in [-0.2, 0) is 14.8 Å². The van der Waals surface area contributed by atoms with Gasteiger partial charge in [-0.1, -0.05) is 18.2 Å². The van der Waals surface area contributed by atoms with Crippen LogP contribution < -0.4 is 19.4 Å². The van der Waals surface area contributed by atoms with Crippen LogP contribution in [0.5, 0.6) is 5.75 Å². The molecule has 0 aromatic heterocycles. The van der Waals surface area contributed by atoms with Crippen molar-refractivity contribution in [3.8, 4) is 5.75 Å². The smallest absolute Gasteiger partial charge is 0.260 e. The summed E-state index contributed by atoms with van der Waals surface area (Å²) in [4.78, 5) is 14.6. The summed E-state index contributed by atoms with van der Waals surface area (Å²) in [5, 5.41) is 3.95. The standard InChI is InChI=1S/C22H30N4O4S/c1-6-25(7-2)19-11-9-18(10-12-19)15-23-24-22(27)16-26(31(5,28)29)20-14-17(3)8-13-21(20)30-4/h8-15H,6-7,16H2,1-5H3,(H,24,27). The first kappa shape index (κ1) is 24.2. The first-order chi connectivity index (χ1) is 14.7. The van der Waals surface area contributed by atoms with Crippen molar-refractivity contribution < 1.29 is 17.9 Å². The molecule has 168 valence electrons. The van der Waals surface area contributed by atoms with Gasteiger partial charge >= 0.3 is 0 Å². The van der Waals surface area contributed by atoms with Crippen molar-refractivity contribution in [2.24, 2.45) is 5.10 Å². The summed E-state index contributed by atoms with van der Waals surface area (Å²) >= 11 is 0. The number of carbonyl (C=O) groups is 1. The molecule has 8 nitrogen and oxygen atoms in total. The first-order valence-corrected chi connectivity index (χ1v) is 11.8. The van der Waals surface area contributed by atoms with E-state index in [1.54, 1.807) is 18.2 Å². The summed E-state index contributed by atoms with van der Waals surface area (Å²) in [5.41, 5.74) is 5.46. The molecule has 0 aliphatic heterocycles. The molecule has 2 rings (SSSR count). The summed E-state index contributed by atoms with van der Waals surface area (Å²) in [6.07, 6.45) is 2.56. The SMILES string of the molecule is CCN(CC)c1ccc(C=NNC(=O)CN(c2cc(C)ccc2OC)S(C)(=O)=O)cc1. The highest BCUT2D eigenvalue weighted by molar-refractivity contribution is 7.92. The minimum absolute atomic E-state index is 0.302. The lowest BCUT2D eigenvalue weighted by atomic mass is 10.2. The van der Waals surface area contributed by atoms with Gasteiger partial charge in [-0.3, -0.25) is 9.10 Å². The molecule has 31 heavy (non-hydrogen) atoms. The summed E-state index contributed by atoms with van der Waals surface area (Å²) < 4.78 is 30.9. The highest BCUT2D eigenvalue weighted by Gasteiger charge is 2.24. The van der Waals surface area contributed by atoms with Gasteiger partial charge in [-0.2, -0.15) is 5.10 Å². The molecule has 0 unspecified atom stereocenters. The second-order valence-electron chi connectivity index (χ2n) is 7.00. The number of anilines is 2. The molecule has 0 heterocycles. The van der Waals surface area contributed by atoms with Gasteiger partial charge in [0.15, 0.2) is 0 Å². The molecule has 9 heteroatoms. The molecule has 0 radical (unpaired) electrons. The van der Waals surface area contributed by atoms with Crippen molar-refractivity contribution in [2.45, 2.75) is 20.8 Å². The second kappa shape index (κ2) is 10.8. The lowest BCUT2D eigenvalue weighted by molar-refractivity contribution is -0.119. The monoisotopic (exact) mass is 446 g/mol. The zero-order chi connectivity index (χ0) is 23.0. The van der Waals surface area contributed by atoms with Crippen molar-refractivity contribution >= 4 is 33.5 Å². The number of aryl methyl sites for hydroxylation is 1. The van der Waals surface area contributed by atoms with Crippen LogP contribution >= 0.6 is 0 Å². The number of hydrazone groups is 1. The third-order valence-electron chi connectivity index (χ3n) is 4.72. The van der Waals surface area contributed by atoms with Gasteiger partial charge in [-0.25, -0.2) is 13.8 Å². The van der Waals surface area contributed by atoms with Crippen LogP contribution in [0.2, 0.25) is 0 Å². The van der Waals surface area contributed by atoms with Gasteiger partial charge in [0.25, 0.3) is 5.91 Å². The minimum atomic E-state index is -3.72. The molecule has 0 aliphatic rings. The van der Waals surface area contributed by atoms with Crippen LogP contribution in [0.4, 0.5) is 11.4 Å². The summed E-state index contributed by atoms with van der Waals surface area (Å²) in [6, 6.07) is 12.9. The quantitative estimate of drug-likeness (QED) is 0.448. The fraction of sp³-hybridized carbons (Fsp3) is 0.364. The number of hydrogen-bond acceptors (Lipinski definition) is 6. The number of carbonyl (C=O) groups excluding carboxylic acids is 1. The molecule has 2 aromatic carbocycles. The van der Waals surface area contributed by atoms with Crippen molar-refractivity contribution in [3.05, 3.63) is 53.6 Å². The van der Waals surface area contributed by atoms with Crippen LogP contribution in [0.1, 0.15) is 25.0 Å². The lowest BCUT2D eigenvalue weighted by Crippen LogP contribution is -2.39. The van der Waals surface area contributed by atoms with Crippen molar-refractivity contribution in [1.82, 2.24) is 5.43 Å². The van der Waals surface area contributed by atoms with Crippen molar-refractivity contribution in [3.63, 3.8) is 0 Å². The summed E-state index contributed by atoms with van der Waals surface area (Å²) in [7, 11) is -2.27. The van der Waals surface area contributed by atoms with E-state index >= 15 is 0 Å². The molecule has 0 bridgehead atoms. The minimum Gasteiger partial charge on any atom is -0.495 e. The van der Waals surface area contributed by atoms with Gasteiger partial charge in [-0.15, -0.1) is 0 Å². The molecule has 0 fully saturated rings. The van der Waals surface area contributed by atoms with Crippen LogP contribution in [-0.4, -0.2) is 53.5 Å². The summed E-state index contributed by atoms with van der Waals surface area (Å²) in [5.74, 6) is -0.203. The molecule has 0 aliphatic carbocycles. The highest BCUT2D eigenvalue weighted by atomic mass is 32.2. The Balaban J connectivity index is 2.10. The van der Waals surface area contributed by atoms with Gasteiger partial charge in [0.05, 0.1) is 25.3 Å². The maximum absolute atomic E-state index is 12.4. The molecule has 0 spiro atoms. The molecular formula is C22H30N4O4S. The number of nitrogens with one attached hydrogen (secondary N) is 1. The van der Waals surface area contributed by atoms with Gasteiger partial charge < -0.3 is 9.64 Å². The second-order valence-corrected chi connectivity index (χ2v) is 8.91. The zero-order valence-electron chi connectivity index (χ0n) is 18.6. The van der Waals surface area contributed by atoms with Gasteiger partial charge in [0, 0.05) is 18.8 Å². The number of benzene rings is 2. The molecule has 0 atom stereocenters. The molecule has 2 aromatic rings. The van der Waals surface area contributed by atoms with E-state index in [0.717, 1.165) is 40.5 Å². The third-order valence-corrected chi connectivity index (χ3v) is 5.84. The Hall–Kier alpha value is -3.07. The topological polar surface area (TPSA) is 91.3 Å². The fourth-order valence-corrected chi connectivity index (χ4v) is 3.93. The predicted molar refractivity (Wildman–Crippen MR) is 126 cm³/mol. The Kier molecular flexibility index (Phi) is 8.44. The van der Waals surface area contributed by atoms with Crippen molar-refractivity contribution in [2.75, 3.05) is 42.2 Å². The van der Waals surface area contributed by atoms with E-state index in [9.17, 15) is 13.2 Å². The molecule has 1 amide bonds. The van der Waals surface area contributed by atoms with Crippen molar-refractivity contribution in [1.29, 1.82) is 0 Å². The Morgan fingerprint density at radius 3 is 2.32 bits per heavy atom. The Morgan fingerprint density at radius 2 is 1.77 bits per heavy atom. The lowest BCUT2D eigenvalue weighted by Gasteiger charge is -2.23. The van der Waals surface area contributed by atoms with Crippen LogP contribution in [0.3, 0.4) is 0 Å². The van der Waals surface area contributed by atoms with Gasteiger partial charge in [0.1, 0.15) is 12.3 Å². The van der Waals surface area contributed by atoms with Crippen LogP contribution in [0.25, 0.3) is 0 Å². The molecular weight excluding hydrogens is 416 g/mol. The first-order valence-electron chi connectivity index (χ1n) is 9.98. The summed E-state index contributed by atoms with van der Waals surface area (Å²) in [6.45, 7) is 7.45. The molecule has 0 saturated carbocycles. The number of ether oxygens (including phenoxy) is 1. The van der Waals surface area contributed by atoms with E-state index in [1.165, 1.54) is 13.3 Å². The Morgan fingerprint density at radius 1 is 1.13 bits per heavy atom. The highest BCUT2D eigenvalue weighted by Crippen LogP contribution is 2.30. The Labute approximate surface area is 184 Å². The largest absolute Gasteiger partial charge is 0.495 e. The van der Waals surface area contributed by atoms with E-state index in [2.05, 4.69) is 29.3 Å². The fourth-order valence-electron chi connectivity index (χ4n) is 3.08. The predicted octanol–water partition coefficient (Wildman–Crippen LogP) is 2.77. The number of methoxy groups -OCH3 is 1. The van der Waals surface area contributed by atoms with E-state index in [0.29, 0.717) is 11.4 Å². The van der Waals surface area contributed by atoms with Gasteiger partial charge in [-0.05, 0) is 56.2 Å². The Bertz CT molecular complexity index is 1020. The maximum atomic E-state index is 12.4. The maximum Gasteiger partial charge on any atom is 0.260 e. The number of sulfonamides is 1. The average Bonchev–Trinajstić information content (AvgIpc) is 2.73. The number of nitrogens with zero attached hydrogens (tertiary/aromatic N) is 3. The van der Waals surface area contributed by atoms with E-state index in [-0.39, 0.29) is 0 Å². The molecule has 1 N–H and O–H groups in total. The normalized spacial score (nSPS) is 11.4. The molecule has 0 saturated heterocycles. The zero-order valence-corrected chi connectivity index (χ0v) is 19.4. The van der Waals surface area contributed by atoms with Gasteiger partial charge in [0.2, 0.25) is 10.0 Å². The average molecular weight is 447 g/mol.